The molecule has 2 heterocycles. The fraction of sp³-hybridized carbons (Fsp3) is 0.647. The van der Waals surface area contributed by atoms with Crippen LogP contribution in [0.1, 0.15) is 50.1 Å². The Hall–Kier alpha value is -1.43. The van der Waals surface area contributed by atoms with Crippen molar-refractivity contribution in [3.8, 4) is 0 Å². The first-order valence-electron chi connectivity index (χ1n) is 8.35. The van der Waals surface area contributed by atoms with Crippen molar-refractivity contribution in [2.45, 2.75) is 51.7 Å². The van der Waals surface area contributed by atoms with Crippen LogP contribution in [0.25, 0.3) is 0 Å². The van der Waals surface area contributed by atoms with E-state index in [1.807, 2.05) is 25.3 Å². The molecule has 2 aliphatic rings. The van der Waals surface area contributed by atoms with Crippen molar-refractivity contribution in [1.29, 1.82) is 0 Å². The summed E-state index contributed by atoms with van der Waals surface area (Å²) in [6.07, 6.45) is 4.25. The summed E-state index contributed by atoms with van der Waals surface area (Å²) in [5.74, 6) is 1.58. The van der Waals surface area contributed by atoms with Gasteiger partial charge >= 0.3 is 0 Å². The number of thioether (sulfide) groups is 1. The Bertz CT molecular complexity index is 594. The molecule has 1 aliphatic carbocycles. The van der Waals surface area contributed by atoms with E-state index >= 15 is 0 Å². The maximum atomic E-state index is 12.9. The van der Waals surface area contributed by atoms with Crippen LogP contribution in [0.4, 0.5) is 0 Å². The van der Waals surface area contributed by atoms with E-state index in [0.29, 0.717) is 29.3 Å². The number of rotatable bonds is 5. The number of nitrogens with one attached hydrogen (secondary N) is 1. The number of amides is 2. The van der Waals surface area contributed by atoms with Crippen LogP contribution in [0.2, 0.25) is 0 Å². The van der Waals surface area contributed by atoms with Gasteiger partial charge in [0.05, 0.1) is 5.88 Å². The first kappa shape index (κ1) is 16.4. The molecule has 0 aromatic carbocycles. The van der Waals surface area contributed by atoms with E-state index in [0.717, 1.165) is 12.8 Å². The topological polar surface area (TPSA) is 54.3 Å². The zero-order valence-electron chi connectivity index (χ0n) is 14.0. The third-order valence-corrected chi connectivity index (χ3v) is 5.77. The first-order chi connectivity index (χ1) is 11.0. The molecule has 0 spiro atoms. The average Bonchev–Trinajstić information content (AvgIpc) is 3.04. The quantitative estimate of drug-likeness (QED) is 0.899. The van der Waals surface area contributed by atoms with Gasteiger partial charge in [0, 0.05) is 24.0 Å². The molecule has 3 rings (SSSR count). The van der Waals surface area contributed by atoms with E-state index in [9.17, 15) is 9.59 Å². The highest BCUT2D eigenvalue weighted by atomic mass is 32.2. The highest BCUT2D eigenvalue weighted by Crippen LogP contribution is 2.36. The van der Waals surface area contributed by atoms with Crippen LogP contribution in [-0.2, 0) is 4.79 Å². The van der Waals surface area contributed by atoms with E-state index in [2.05, 4.69) is 23.7 Å². The second-order valence-electron chi connectivity index (χ2n) is 6.86. The Morgan fingerprint density at radius 1 is 1.30 bits per heavy atom. The Balaban J connectivity index is 1.72. The second kappa shape index (κ2) is 6.59. The molecule has 2 atom stereocenters. The van der Waals surface area contributed by atoms with Crippen molar-refractivity contribution in [2.75, 3.05) is 11.6 Å². The average molecular weight is 335 g/mol. The summed E-state index contributed by atoms with van der Waals surface area (Å²) in [6, 6.07) is 4.00. The van der Waals surface area contributed by atoms with Crippen LogP contribution in [-0.4, -0.2) is 45.0 Å². The number of carbonyl (C=O) groups excluding carboxylic acids is 2. The third-order valence-electron chi connectivity index (χ3n) is 4.75. The molecule has 2 amide bonds. The Morgan fingerprint density at radius 3 is 2.70 bits per heavy atom. The lowest BCUT2D eigenvalue weighted by Gasteiger charge is -2.26. The molecule has 1 aliphatic heterocycles. The van der Waals surface area contributed by atoms with Crippen molar-refractivity contribution in [2.24, 2.45) is 5.92 Å². The van der Waals surface area contributed by atoms with Gasteiger partial charge in [-0.25, -0.2) is 0 Å². The lowest BCUT2D eigenvalue weighted by atomic mass is 10.1. The number of hydrogen-bond donors (Lipinski definition) is 1. The number of carbonyl (C=O) groups is 2. The van der Waals surface area contributed by atoms with Gasteiger partial charge < -0.3 is 14.8 Å². The first-order valence-corrected chi connectivity index (χ1v) is 9.50. The van der Waals surface area contributed by atoms with Crippen LogP contribution >= 0.6 is 11.8 Å². The van der Waals surface area contributed by atoms with E-state index in [-0.39, 0.29) is 23.9 Å². The van der Waals surface area contributed by atoms with Gasteiger partial charge in [0.25, 0.3) is 5.91 Å². The standard InChI is InChI=1S/C17H25N3O2S/c1-11(2)12(3)18-16(21)15-9-23-10-20(15)17(22)14-5-4-8-19(14)13-6-7-13/h4-5,8,11-13,15H,6-7,9-10H2,1-3H3,(H,18,21). The monoisotopic (exact) mass is 335 g/mol. The predicted molar refractivity (Wildman–Crippen MR) is 92.4 cm³/mol. The smallest absolute Gasteiger partial charge is 0.271 e. The molecule has 0 bridgehead atoms. The summed E-state index contributed by atoms with van der Waals surface area (Å²) in [5, 5.41) is 3.05. The van der Waals surface area contributed by atoms with Crippen LogP contribution < -0.4 is 5.32 Å². The van der Waals surface area contributed by atoms with Crippen molar-refractivity contribution in [3.05, 3.63) is 24.0 Å². The fourth-order valence-electron chi connectivity index (χ4n) is 2.74. The van der Waals surface area contributed by atoms with E-state index < -0.39 is 0 Å². The lowest BCUT2D eigenvalue weighted by molar-refractivity contribution is -0.125. The molecule has 6 heteroatoms. The molecule has 1 aromatic heterocycles. The maximum Gasteiger partial charge on any atom is 0.271 e. The minimum Gasteiger partial charge on any atom is -0.352 e. The van der Waals surface area contributed by atoms with Gasteiger partial charge in [-0.15, -0.1) is 11.8 Å². The zero-order valence-corrected chi connectivity index (χ0v) is 14.8. The van der Waals surface area contributed by atoms with Crippen LogP contribution in [0.5, 0.6) is 0 Å². The molecule has 5 nitrogen and oxygen atoms in total. The molecule has 1 N–H and O–H groups in total. The Morgan fingerprint density at radius 2 is 2.04 bits per heavy atom. The number of hydrogen-bond acceptors (Lipinski definition) is 3. The summed E-state index contributed by atoms with van der Waals surface area (Å²) in [6.45, 7) is 6.18. The molecule has 1 saturated heterocycles. The molecule has 1 aromatic rings. The zero-order chi connectivity index (χ0) is 16.6. The van der Waals surface area contributed by atoms with Crippen LogP contribution in [0.15, 0.2) is 18.3 Å². The van der Waals surface area contributed by atoms with Crippen LogP contribution in [0.3, 0.4) is 0 Å². The third kappa shape index (κ3) is 3.42. The summed E-state index contributed by atoms with van der Waals surface area (Å²) in [5.41, 5.74) is 0.713. The molecule has 2 fully saturated rings. The Kier molecular flexibility index (Phi) is 4.71. The van der Waals surface area contributed by atoms with Gasteiger partial charge in [-0.3, -0.25) is 9.59 Å². The summed E-state index contributed by atoms with van der Waals surface area (Å²) < 4.78 is 2.07. The highest BCUT2D eigenvalue weighted by Gasteiger charge is 2.37. The van der Waals surface area contributed by atoms with E-state index in [1.54, 1.807) is 16.7 Å². The van der Waals surface area contributed by atoms with Crippen molar-refractivity contribution in [3.63, 3.8) is 0 Å². The van der Waals surface area contributed by atoms with E-state index in [1.165, 1.54) is 0 Å². The van der Waals surface area contributed by atoms with Gasteiger partial charge in [-0.2, -0.15) is 0 Å². The van der Waals surface area contributed by atoms with Crippen LogP contribution in [0, 0.1) is 5.92 Å². The minimum atomic E-state index is -0.365. The van der Waals surface area contributed by atoms with Gasteiger partial charge in [-0.1, -0.05) is 13.8 Å². The number of aromatic nitrogens is 1. The molecular formula is C17H25N3O2S. The Labute approximate surface area is 141 Å². The second-order valence-corrected chi connectivity index (χ2v) is 7.86. The minimum absolute atomic E-state index is 0.0238. The van der Waals surface area contributed by atoms with Gasteiger partial charge in [0.15, 0.2) is 0 Å². The normalized spacial score (nSPS) is 22.4. The fourth-order valence-corrected chi connectivity index (χ4v) is 3.89. The number of nitrogens with zero attached hydrogens (tertiary/aromatic N) is 2. The van der Waals surface area contributed by atoms with E-state index in [4.69, 9.17) is 0 Å². The van der Waals surface area contributed by atoms with Gasteiger partial charge in [0.2, 0.25) is 5.91 Å². The SMILES string of the molecule is CC(C)C(C)NC(=O)C1CSCN1C(=O)c1cccn1C1CC1. The summed E-state index contributed by atoms with van der Waals surface area (Å²) in [4.78, 5) is 27.2. The molecule has 1 saturated carbocycles. The molecular weight excluding hydrogens is 310 g/mol. The molecule has 126 valence electrons. The highest BCUT2D eigenvalue weighted by molar-refractivity contribution is 7.99. The van der Waals surface area contributed by atoms with Crippen molar-refractivity contribution >= 4 is 23.6 Å². The van der Waals surface area contributed by atoms with Gasteiger partial charge in [0.1, 0.15) is 11.7 Å². The summed E-state index contributed by atoms with van der Waals surface area (Å²) >= 11 is 1.64. The van der Waals surface area contributed by atoms with Crippen molar-refractivity contribution in [1.82, 2.24) is 14.8 Å². The molecule has 23 heavy (non-hydrogen) atoms. The summed E-state index contributed by atoms with van der Waals surface area (Å²) in [7, 11) is 0. The lowest BCUT2D eigenvalue weighted by Crippen LogP contribution is -2.50. The van der Waals surface area contributed by atoms with Gasteiger partial charge in [-0.05, 0) is 37.8 Å². The molecule has 2 unspecified atom stereocenters. The van der Waals surface area contributed by atoms with Crippen molar-refractivity contribution < 1.29 is 9.59 Å². The maximum absolute atomic E-state index is 12.9. The largest absolute Gasteiger partial charge is 0.352 e. The molecule has 0 radical (unpaired) electrons. The predicted octanol–water partition coefficient (Wildman–Crippen LogP) is 2.50.